The molecule has 3 heteroatoms. The quantitative estimate of drug-likeness (QED) is 0.516. The Kier molecular flexibility index (Phi) is 3.70. The van der Waals surface area contributed by atoms with Gasteiger partial charge >= 0.3 is 5.97 Å². The zero-order valence-electron chi connectivity index (χ0n) is 7.43. The lowest BCUT2D eigenvalue weighted by atomic mass is 10.2. The average Bonchev–Trinajstić information content (AvgIpc) is 2.19. The predicted molar refractivity (Wildman–Crippen MR) is 49.1 cm³/mol. The maximum Gasteiger partial charge on any atom is 0.330 e. The Morgan fingerprint density at radius 2 is 2.54 bits per heavy atom. The summed E-state index contributed by atoms with van der Waals surface area (Å²) in [6.45, 7) is 0. The molecular formula is C10H11NO2. The van der Waals surface area contributed by atoms with E-state index in [9.17, 15) is 4.79 Å². The highest BCUT2D eigenvalue weighted by Crippen LogP contribution is 1.97. The molecule has 1 aromatic heterocycles. The number of carbonyl (C=O) groups excluding carboxylic acids is 1. The number of rotatable bonds is 3. The third-order valence-corrected chi connectivity index (χ3v) is 1.53. The van der Waals surface area contributed by atoms with Gasteiger partial charge in [0.15, 0.2) is 0 Å². The van der Waals surface area contributed by atoms with Crippen molar-refractivity contribution in [1.82, 2.24) is 4.98 Å². The van der Waals surface area contributed by atoms with E-state index in [2.05, 4.69) is 9.72 Å². The van der Waals surface area contributed by atoms with Gasteiger partial charge in [-0.1, -0.05) is 12.1 Å². The third-order valence-electron chi connectivity index (χ3n) is 1.53. The second kappa shape index (κ2) is 5.09. The lowest BCUT2D eigenvalue weighted by Gasteiger charge is -1.93. The first-order valence-corrected chi connectivity index (χ1v) is 3.96. The van der Waals surface area contributed by atoms with Crippen LogP contribution in [0, 0.1) is 0 Å². The molecule has 0 aliphatic rings. The van der Waals surface area contributed by atoms with Crippen LogP contribution in [-0.2, 0) is 16.0 Å². The van der Waals surface area contributed by atoms with Crippen molar-refractivity contribution in [3.05, 3.63) is 42.2 Å². The zero-order valence-corrected chi connectivity index (χ0v) is 7.43. The van der Waals surface area contributed by atoms with E-state index in [1.165, 1.54) is 13.2 Å². The summed E-state index contributed by atoms with van der Waals surface area (Å²) in [5.74, 6) is -0.330. The topological polar surface area (TPSA) is 39.2 Å². The van der Waals surface area contributed by atoms with Crippen LogP contribution in [0.2, 0.25) is 0 Å². The molecule has 0 bridgehead atoms. The highest BCUT2D eigenvalue weighted by molar-refractivity contribution is 5.81. The Balaban J connectivity index is 2.44. The first-order valence-electron chi connectivity index (χ1n) is 3.96. The summed E-state index contributed by atoms with van der Waals surface area (Å²) in [5, 5.41) is 0. The molecule has 0 radical (unpaired) electrons. The van der Waals surface area contributed by atoms with E-state index in [0.717, 1.165) is 5.56 Å². The summed E-state index contributed by atoms with van der Waals surface area (Å²) in [6, 6.07) is 3.82. The van der Waals surface area contributed by atoms with Crippen molar-refractivity contribution < 1.29 is 9.53 Å². The van der Waals surface area contributed by atoms with Gasteiger partial charge < -0.3 is 4.74 Å². The fourth-order valence-corrected chi connectivity index (χ4v) is 0.878. The van der Waals surface area contributed by atoms with E-state index in [0.29, 0.717) is 6.42 Å². The normalized spacial score (nSPS) is 10.2. The van der Waals surface area contributed by atoms with Gasteiger partial charge in [0.2, 0.25) is 0 Å². The molecule has 1 heterocycles. The molecule has 0 atom stereocenters. The Morgan fingerprint density at radius 3 is 3.15 bits per heavy atom. The van der Waals surface area contributed by atoms with Crippen molar-refractivity contribution in [2.45, 2.75) is 6.42 Å². The van der Waals surface area contributed by atoms with Crippen molar-refractivity contribution in [1.29, 1.82) is 0 Å². The van der Waals surface area contributed by atoms with Gasteiger partial charge in [-0.05, 0) is 18.1 Å². The average molecular weight is 177 g/mol. The minimum atomic E-state index is -0.330. The molecule has 0 aromatic carbocycles. The minimum absolute atomic E-state index is 0.330. The van der Waals surface area contributed by atoms with Crippen molar-refractivity contribution >= 4 is 5.97 Å². The molecule has 0 spiro atoms. The number of ether oxygens (including phenoxy) is 1. The van der Waals surface area contributed by atoms with Crippen molar-refractivity contribution in [2.24, 2.45) is 0 Å². The molecule has 0 N–H and O–H groups in total. The first kappa shape index (κ1) is 9.45. The number of methoxy groups -OCH3 is 1. The molecule has 13 heavy (non-hydrogen) atoms. The Morgan fingerprint density at radius 1 is 1.69 bits per heavy atom. The number of esters is 1. The van der Waals surface area contributed by atoms with Crippen LogP contribution in [0.4, 0.5) is 0 Å². The number of hydrogen-bond donors (Lipinski definition) is 0. The molecule has 0 fully saturated rings. The largest absolute Gasteiger partial charge is 0.466 e. The molecule has 0 unspecified atom stereocenters. The number of nitrogens with zero attached hydrogens (tertiary/aromatic N) is 1. The van der Waals surface area contributed by atoms with E-state index in [1.807, 2.05) is 12.1 Å². The second-order valence-corrected chi connectivity index (χ2v) is 2.49. The summed E-state index contributed by atoms with van der Waals surface area (Å²) in [4.78, 5) is 14.6. The molecule has 1 rings (SSSR count). The molecule has 0 saturated heterocycles. The SMILES string of the molecule is COC(=O)/C=C/Cc1cccnc1. The van der Waals surface area contributed by atoms with E-state index in [-0.39, 0.29) is 5.97 Å². The molecule has 3 nitrogen and oxygen atoms in total. The maximum atomic E-state index is 10.7. The molecule has 0 saturated carbocycles. The van der Waals surface area contributed by atoms with E-state index in [4.69, 9.17) is 0 Å². The van der Waals surface area contributed by atoms with Gasteiger partial charge in [0.1, 0.15) is 0 Å². The highest BCUT2D eigenvalue weighted by atomic mass is 16.5. The Hall–Kier alpha value is -1.64. The van der Waals surface area contributed by atoms with Gasteiger partial charge in [0, 0.05) is 18.5 Å². The van der Waals surface area contributed by atoms with Crippen molar-refractivity contribution in [3.63, 3.8) is 0 Å². The third kappa shape index (κ3) is 3.51. The predicted octanol–water partition coefficient (Wildman–Crippen LogP) is 1.35. The summed E-state index contributed by atoms with van der Waals surface area (Å²) >= 11 is 0. The maximum absolute atomic E-state index is 10.7. The van der Waals surface area contributed by atoms with Crippen molar-refractivity contribution in [3.8, 4) is 0 Å². The van der Waals surface area contributed by atoms with Crippen LogP contribution in [0.1, 0.15) is 5.56 Å². The van der Waals surface area contributed by atoms with E-state index >= 15 is 0 Å². The number of pyridine rings is 1. The number of carbonyl (C=O) groups is 1. The summed E-state index contributed by atoms with van der Waals surface area (Å²) < 4.78 is 4.45. The van der Waals surface area contributed by atoms with Gasteiger partial charge in [0.05, 0.1) is 7.11 Å². The number of aromatic nitrogens is 1. The smallest absolute Gasteiger partial charge is 0.330 e. The summed E-state index contributed by atoms with van der Waals surface area (Å²) in [7, 11) is 1.36. The van der Waals surface area contributed by atoms with Crippen LogP contribution >= 0.6 is 0 Å². The fraction of sp³-hybridized carbons (Fsp3) is 0.200. The lowest BCUT2D eigenvalue weighted by molar-refractivity contribution is -0.134. The Labute approximate surface area is 77.1 Å². The lowest BCUT2D eigenvalue weighted by Crippen LogP contribution is -1.94. The first-order chi connectivity index (χ1) is 6.33. The molecule has 0 aliphatic heterocycles. The van der Waals surface area contributed by atoms with Crippen molar-refractivity contribution in [2.75, 3.05) is 7.11 Å². The fourth-order valence-electron chi connectivity index (χ4n) is 0.878. The molecular weight excluding hydrogens is 166 g/mol. The number of allylic oxidation sites excluding steroid dienone is 1. The van der Waals surface area contributed by atoms with Crippen LogP contribution in [0.5, 0.6) is 0 Å². The highest BCUT2D eigenvalue weighted by Gasteiger charge is 1.90. The van der Waals surface area contributed by atoms with Crippen LogP contribution in [-0.4, -0.2) is 18.1 Å². The van der Waals surface area contributed by atoms with Gasteiger partial charge in [-0.2, -0.15) is 0 Å². The Bertz CT molecular complexity index is 293. The van der Waals surface area contributed by atoms with Gasteiger partial charge in [-0.3, -0.25) is 4.98 Å². The number of hydrogen-bond acceptors (Lipinski definition) is 3. The van der Waals surface area contributed by atoms with Crippen LogP contribution in [0.3, 0.4) is 0 Å². The van der Waals surface area contributed by atoms with E-state index in [1.54, 1.807) is 18.5 Å². The van der Waals surface area contributed by atoms with Gasteiger partial charge in [0.25, 0.3) is 0 Å². The summed E-state index contributed by atoms with van der Waals surface area (Å²) in [6.07, 6.45) is 7.34. The van der Waals surface area contributed by atoms with E-state index < -0.39 is 0 Å². The molecule has 68 valence electrons. The standard InChI is InChI=1S/C10H11NO2/c1-13-10(12)6-2-4-9-5-3-7-11-8-9/h2-3,5-8H,4H2,1H3/b6-2+. The molecule has 0 amide bonds. The second-order valence-electron chi connectivity index (χ2n) is 2.49. The molecule has 0 aliphatic carbocycles. The van der Waals surface area contributed by atoms with Crippen LogP contribution < -0.4 is 0 Å². The van der Waals surface area contributed by atoms with Gasteiger partial charge in [-0.25, -0.2) is 4.79 Å². The summed E-state index contributed by atoms with van der Waals surface area (Å²) in [5.41, 5.74) is 1.07. The van der Waals surface area contributed by atoms with Crippen LogP contribution in [0.15, 0.2) is 36.7 Å². The minimum Gasteiger partial charge on any atom is -0.466 e. The zero-order chi connectivity index (χ0) is 9.52. The van der Waals surface area contributed by atoms with Gasteiger partial charge in [-0.15, -0.1) is 0 Å². The molecule has 1 aromatic rings. The van der Waals surface area contributed by atoms with Crippen LogP contribution in [0.25, 0.3) is 0 Å². The monoisotopic (exact) mass is 177 g/mol.